The maximum Gasteiger partial charge on any atom is 0.419 e. The smallest absolute Gasteiger partial charge is 0.388 e. The van der Waals surface area contributed by atoms with Crippen LogP contribution in [0.5, 0.6) is 0 Å². The Hall–Kier alpha value is -4.01. The van der Waals surface area contributed by atoms with Gasteiger partial charge in [-0.05, 0) is 54.3 Å². The van der Waals surface area contributed by atoms with Crippen molar-refractivity contribution >= 4 is 22.8 Å². The molecule has 44 heavy (non-hydrogen) atoms. The highest BCUT2D eigenvalue weighted by molar-refractivity contribution is 5.94. The Balaban J connectivity index is 1.50. The predicted octanol–water partition coefficient (Wildman–Crippen LogP) is 7.48. The van der Waals surface area contributed by atoms with Gasteiger partial charge in [0.2, 0.25) is 5.95 Å². The monoisotopic (exact) mass is 631 g/mol. The van der Waals surface area contributed by atoms with Crippen LogP contribution >= 0.6 is 0 Å². The number of H-pyrrole nitrogens is 1. The largest absolute Gasteiger partial charge is 0.419 e. The van der Waals surface area contributed by atoms with Gasteiger partial charge < -0.3 is 19.9 Å². The first-order chi connectivity index (χ1) is 20.5. The molecule has 0 saturated carbocycles. The average Bonchev–Trinajstić information content (AvgIpc) is 3.37. The number of alkyl halides is 6. The number of rotatable bonds is 5. The van der Waals surface area contributed by atoms with Gasteiger partial charge in [0.1, 0.15) is 5.82 Å². The number of nitrogens with zero attached hydrogens (tertiary/aromatic N) is 4. The highest BCUT2D eigenvalue weighted by Gasteiger charge is 2.39. The van der Waals surface area contributed by atoms with Crippen LogP contribution in [0.3, 0.4) is 0 Å². The zero-order valence-electron chi connectivity index (χ0n) is 23.5. The molecular formula is C29H26F9N5O. The molecule has 0 spiro atoms. The summed E-state index contributed by atoms with van der Waals surface area (Å²) in [5.41, 5.74) is -3.00. The van der Waals surface area contributed by atoms with Gasteiger partial charge in [0.05, 0.1) is 28.3 Å². The van der Waals surface area contributed by atoms with E-state index in [0.29, 0.717) is 18.2 Å². The van der Waals surface area contributed by atoms with Crippen LogP contribution in [-0.4, -0.2) is 45.7 Å². The maximum absolute atomic E-state index is 14.0. The Kier molecular flexibility index (Phi) is 7.97. The zero-order chi connectivity index (χ0) is 32.3. The molecule has 0 radical (unpaired) electrons. The molecule has 4 aromatic rings. The Morgan fingerprint density at radius 1 is 0.932 bits per heavy atom. The molecule has 15 heteroatoms. The minimum absolute atomic E-state index is 0.0221. The molecule has 0 amide bonds. The fraction of sp³-hybridized carbons (Fsp3) is 0.379. The number of benzene rings is 2. The van der Waals surface area contributed by atoms with Gasteiger partial charge >= 0.3 is 12.4 Å². The maximum atomic E-state index is 14.0. The number of aromatic nitrogens is 3. The van der Waals surface area contributed by atoms with Gasteiger partial charge in [-0.1, -0.05) is 13.8 Å². The van der Waals surface area contributed by atoms with Crippen molar-refractivity contribution < 1.29 is 44.6 Å². The molecule has 0 unspecified atom stereocenters. The molecule has 3 heterocycles. The van der Waals surface area contributed by atoms with Crippen LogP contribution in [0, 0.1) is 23.4 Å². The van der Waals surface area contributed by atoms with Crippen molar-refractivity contribution in [1.29, 1.82) is 0 Å². The van der Waals surface area contributed by atoms with Crippen LogP contribution in [0.4, 0.5) is 51.3 Å². The summed E-state index contributed by atoms with van der Waals surface area (Å²) in [5.74, 6) is -5.56. The fourth-order valence-electron chi connectivity index (χ4n) is 5.28. The molecule has 1 saturated heterocycles. The summed E-state index contributed by atoms with van der Waals surface area (Å²) in [5, 5.41) is 10.3. The fourth-order valence-corrected chi connectivity index (χ4v) is 5.28. The number of aliphatic hydroxyl groups excluding tert-OH is 1. The van der Waals surface area contributed by atoms with Crippen LogP contribution in [0.2, 0.25) is 0 Å². The molecule has 5 rings (SSSR count). The second-order valence-corrected chi connectivity index (χ2v) is 11.0. The van der Waals surface area contributed by atoms with Gasteiger partial charge in [-0.3, -0.25) is 0 Å². The number of hydrogen-bond donors (Lipinski definition) is 2. The highest BCUT2D eigenvalue weighted by atomic mass is 19.4. The second kappa shape index (κ2) is 11.2. The summed E-state index contributed by atoms with van der Waals surface area (Å²) in [6, 6.07) is 2.92. The summed E-state index contributed by atoms with van der Waals surface area (Å²) < 4.78 is 125. The van der Waals surface area contributed by atoms with Gasteiger partial charge in [0.15, 0.2) is 17.5 Å². The first-order valence-electron chi connectivity index (χ1n) is 13.5. The van der Waals surface area contributed by atoms with E-state index >= 15 is 0 Å². The van der Waals surface area contributed by atoms with Crippen LogP contribution < -0.4 is 9.80 Å². The van der Waals surface area contributed by atoms with Crippen molar-refractivity contribution in [2.45, 2.75) is 45.3 Å². The van der Waals surface area contributed by atoms with Gasteiger partial charge in [0.25, 0.3) is 0 Å². The number of nitrogens with one attached hydrogen (secondary N) is 1. The van der Waals surface area contributed by atoms with Crippen molar-refractivity contribution in [3.8, 4) is 11.1 Å². The van der Waals surface area contributed by atoms with Crippen LogP contribution in [0.15, 0.2) is 36.5 Å². The topological polar surface area (TPSA) is 68.3 Å². The van der Waals surface area contributed by atoms with Crippen molar-refractivity contribution in [3.05, 3.63) is 70.7 Å². The first kappa shape index (κ1) is 31.4. The van der Waals surface area contributed by atoms with Gasteiger partial charge in [-0.15, -0.1) is 0 Å². The van der Waals surface area contributed by atoms with E-state index in [1.807, 2.05) is 0 Å². The SMILES string of the molecule is CC(C)[C@@H](O)c1cnc(N2CCN(c3nc4c(-c5cc(F)c(F)c(F)c5)cc(C(F)(F)F)cc4[nH]3)[C@H](C)C2)c(C(F)(F)F)c1. The molecule has 236 valence electrons. The number of aliphatic hydroxyl groups is 1. The number of fused-ring (bicyclic) bond motifs is 1. The Morgan fingerprint density at radius 2 is 1.59 bits per heavy atom. The number of hydrogen-bond acceptors (Lipinski definition) is 5. The molecule has 1 fully saturated rings. The summed E-state index contributed by atoms with van der Waals surface area (Å²) >= 11 is 0. The van der Waals surface area contributed by atoms with E-state index < -0.39 is 53.1 Å². The van der Waals surface area contributed by atoms with Gasteiger partial charge in [0, 0.05) is 37.4 Å². The number of pyridine rings is 1. The van der Waals surface area contributed by atoms with Crippen molar-refractivity contribution in [2.24, 2.45) is 5.92 Å². The van der Waals surface area contributed by atoms with E-state index in [1.54, 1.807) is 25.7 Å². The summed E-state index contributed by atoms with van der Waals surface area (Å²) in [6.07, 6.45) is -9.55. The average molecular weight is 632 g/mol. The number of aromatic amines is 1. The minimum atomic E-state index is -4.84. The number of halogens is 9. The second-order valence-electron chi connectivity index (χ2n) is 11.0. The van der Waals surface area contributed by atoms with Gasteiger partial charge in [-0.2, -0.15) is 26.3 Å². The normalized spacial score (nSPS) is 17.2. The van der Waals surface area contributed by atoms with Crippen LogP contribution in [-0.2, 0) is 12.4 Å². The standard InChI is InChI=1S/C29H26F9N5O/c1-13(2)25(44)16-6-19(29(36,37)38)26(39-11-16)42-4-5-43(14(3)12-42)27-40-22-10-17(28(33,34)35)9-18(24(22)41-27)15-7-20(30)23(32)21(31)8-15/h6-11,13-14,25,44H,4-5,12H2,1-3H3,(H,40,41)/t14-,25-/m1/s1. The number of imidazole rings is 1. The molecule has 0 bridgehead atoms. The molecule has 2 aromatic carbocycles. The lowest BCUT2D eigenvalue weighted by Crippen LogP contribution is -2.53. The van der Waals surface area contributed by atoms with E-state index in [9.17, 15) is 44.6 Å². The Labute approximate surface area is 245 Å². The zero-order valence-corrected chi connectivity index (χ0v) is 23.5. The molecule has 1 aliphatic rings. The summed E-state index contributed by atoms with van der Waals surface area (Å²) in [4.78, 5) is 14.3. The minimum Gasteiger partial charge on any atom is -0.388 e. The van der Waals surface area contributed by atoms with E-state index in [-0.39, 0.29) is 65.0 Å². The van der Waals surface area contributed by atoms with E-state index in [4.69, 9.17) is 0 Å². The Morgan fingerprint density at radius 3 is 2.16 bits per heavy atom. The molecule has 0 aliphatic carbocycles. The molecule has 2 N–H and O–H groups in total. The quantitative estimate of drug-likeness (QED) is 0.177. The van der Waals surface area contributed by atoms with Crippen molar-refractivity contribution in [2.75, 3.05) is 29.4 Å². The highest BCUT2D eigenvalue weighted by Crippen LogP contribution is 2.40. The summed E-state index contributed by atoms with van der Waals surface area (Å²) in [7, 11) is 0. The lowest BCUT2D eigenvalue weighted by molar-refractivity contribution is -0.138. The summed E-state index contributed by atoms with van der Waals surface area (Å²) in [6.45, 7) is 5.13. The van der Waals surface area contributed by atoms with Crippen LogP contribution in [0.25, 0.3) is 22.2 Å². The first-order valence-corrected chi connectivity index (χ1v) is 13.5. The molecular weight excluding hydrogens is 605 g/mol. The van der Waals surface area contributed by atoms with E-state index in [2.05, 4.69) is 15.0 Å². The number of anilines is 2. The molecule has 2 atom stereocenters. The van der Waals surface area contributed by atoms with Crippen molar-refractivity contribution in [3.63, 3.8) is 0 Å². The van der Waals surface area contributed by atoms with Crippen LogP contribution in [0.1, 0.15) is 43.6 Å². The third kappa shape index (κ3) is 5.88. The lowest BCUT2D eigenvalue weighted by Gasteiger charge is -2.41. The van der Waals surface area contributed by atoms with Gasteiger partial charge in [-0.25, -0.2) is 23.1 Å². The van der Waals surface area contributed by atoms with E-state index in [0.717, 1.165) is 12.1 Å². The predicted molar refractivity (Wildman–Crippen MR) is 144 cm³/mol. The Bertz CT molecular complexity index is 1680. The van der Waals surface area contributed by atoms with Crippen molar-refractivity contribution in [1.82, 2.24) is 15.0 Å². The number of piperazine rings is 1. The van der Waals surface area contributed by atoms with E-state index in [1.165, 1.54) is 11.1 Å². The third-order valence-electron chi connectivity index (χ3n) is 7.56. The molecule has 1 aliphatic heterocycles. The molecule has 6 nitrogen and oxygen atoms in total. The molecule has 2 aromatic heterocycles. The third-order valence-corrected chi connectivity index (χ3v) is 7.56. The lowest BCUT2D eigenvalue weighted by atomic mass is 9.99.